The van der Waals surface area contributed by atoms with Crippen LogP contribution >= 0.6 is 0 Å². The zero-order chi connectivity index (χ0) is 26.6. The number of piperidine rings is 1. The fraction of sp³-hybridized carbons (Fsp3) is 0.964. The van der Waals surface area contributed by atoms with Gasteiger partial charge in [-0.05, 0) is 82.2 Å². The number of ether oxygens (including phenoxy) is 3. The number of hydrogen-bond acceptors (Lipinski definition) is 9. The SMILES string of the molecule is COC1CNCC(C2CCNC(NC3CC(NC(=O)C4CC5CC(OC)C(OC)CC5N4)CCC3C)N2)C1. The molecule has 0 spiro atoms. The molecule has 38 heavy (non-hydrogen) atoms. The first kappa shape index (κ1) is 28.7. The molecule has 12 unspecified atom stereocenters. The minimum atomic E-state index is -0.119. The van der Waals surface area contributed by atoms with E-state index in [1.807, 2.05) is 7.11 Å². The van der Waals surface area contributed by atoms with E-state index in [0.29, 0.717) is 42.0 Å². The van der Waals surface area contributed by atoms with Gasteiger partial charge in [0.25, 0.3) is 0 Å². The number of rotatable bonds is 8. The zero-order valence-corrected chi connectivity index (χ0v) is 23.8. The van der Waals surface area contributed by atoms with Crippen molar-refractivity contribution in [2.45, 2.75) is 113 Å². The van der Waals surface area contributed by atoms with Crippen LogP contribution in [0.5, 0.6) is 0 Å². The Labute approximate surface area is 228 Å². The molecule has 5 aliphatic rings. The Hall–Kier alpha value is -0.850. The molecule has 3 heterocycles. The Morgan fingerprint density at radius 2 is 1.63 bits per heavy atom. The number of carbonyl (C=O) groups is 1. The summed E-state index contributed by atoms with van der Waals surface area (Å²) in [5, 5.41) is 21.9. The van der Waals surface area contributed by atoms with E-state index in [0.717, 1.165) is 71.0 Å². The monoisotopic (exact) mass is 536 g/mol. The van der Waals surface area contributed by atoms with E-state index in [-0.39, 0.29) is 36.5 Å². The van der Waals surface area contributed by atoms with Crippen LogP contribution < -0.4 is 31.9 Å². The topological polar surface area (TPSA) is 117 Å². The van der Waals surface area contributed by atoms with Gasteiger partial charge in [0.1, 0.15) is 6.29 Å². The molecular weight excluding hydrogens is 484 g/mol. The van der Waals surface area contributed by atoms with Gasteiger partial charge < -0.3 is 30.2 Å². The molecular formula is C28H52N6O4. The summed E-state index contributed by atoms with van der Waals surface area (Å²) in [5.41, 5.74) is 0. The number of methoxy groups -OCH3 is 3. The Morgan fingerprint density at radius 3 is 2.42 bits per heavy atom. The fourth-order valence-electron chi connectivity index (χ4n) is 7.82. The standard InChI is InChI=1S/C28H52N6O4/c1-16-5-6-19(31-27(35)24-10-17-11-25(37-3)26(38-4)13-23(17)32-24)12-22(16)34-28-30-8-7-21(33-28)18-9-20(36-2)15-29-14-18/h16-26,28-30,32-34H,5-15H2,1-4H3,(H,31,35). The third kappa shape index (κ3) is 6.71. The van der Waals surface area contributed by atoms with E-state index in [4.69, 9.17) is 14.2 Å². The Morgan fingerprint density at radius 1 is 0.816 bits per heavy atom. The molecule has 0 radical (unpaired) electrons. The van der Waals surface area contributed by atoms with E-state index in [1.54, 1.807) is 14.2 Å². The summed E-state index contributed by atoms with van der Waals surface area (Å²) in [6, 6.07) is 1.26. The molecule has 0 aromatic carbocycles. The quantitative estimate of drug-likeness (QED) is 0.260. The van der Waals surface area contributed by atoms with Crippen molar-refractivity contribution in [2.75, 3.05) is 41.0 Å². The summed E-state index contributed by atoms with van der Waals surface area (Å²) in [6.45, 7) is 5.35. The Bertz CT molecular complexity index is 756. The highest BCUT2D eigenvalue weighted by atomic mass is 16.5. The van der Waals surface area contributed by atoms with Gasteiger partial charge in [0, 0.05) is 52.0 Å². The molecule has 5 rings (SSSR count). The molecule has 10 heteroatoms. The van der Waals surface area contributed by atoms with E-state index in [9.17, 15) is 4.79 Å². The first-order chi connectivity index (χ1) is 18.5. The van der Waals surface area contributed by atoms with Crippen LogP contribution in [0.15, 0.2) is 0 Å². The van der Waals surface area contributed by atoms with Crippen LogP contribution in [0.25, 0.3) is 0 Å². The van der Waals surface area contributed by atoms with Gasteiger partial charge in [0.05, 0.1) is 24.4 Å². The van der Waals surface area contributed by atoms with Crippen molar-refractivity contribution >= 4 is 5.91 Å². The number of carbonyl (C=O) groups excluding carboxylic acids is 1. The van der Waals surface area contributed by atoms with Gasteiger partial charge in [-0.15, -0.1) is 0 Å². The molecule has 1 amide bonds. The van der Waals surface area contributed by atoms with Crippen LogP contribution in [0.3, 0.4) is 0 Å². The number of nitrogens with one attached hydrogen (secondary N) is 6. The Kier molecular flexibility index (Phi) is 9.97. The van der Waals surface area contributed by atoms with Crippen molar-refractivity contribution in [3.63, 3.8) is 0 Å². The van der Waals surface area contributed by atoms with Gasteiger partial charge in [-0.3, -0.25) is 20.7 Å². The van der Waals surface area contributed by atoms with Crippen molar-refractivity contribution in [3.05, 3.63) is 0 Å². The van der Waals surface area contributed by atoms with Gasteiger partial charge in [-0.25, -0.2) is 0 Å². The predicted molar refractivity (Wildman–Crippen MR) is 147 cm³/mol. The van der Waals surface area contributed by atoms with Crippen LogP contribution in [0.2, 0.25) is 0 Å². The smallest absolute Gasteiger partial charge is 0.237 e. The van der Waals surface area contributed by atoms with Crippen molar-refractivity contribution in [1.29, 1.82) is 0 Å². The fourth-order valence-corrected chi connectivity index (χ4v) is 7.82. The van der Waals surface area contributed by atoms with Gasteiger partial charge in [0.2, 0.25) is 5.91 Å². The van der Waals surface area contributed by atoms with Crippen molar-refractivity contribution < 1.29 is 19.0 Å². The van der Waals surface area contributed by atoms with E-state index < -0.39 is 0 Å². The highest BCUT2D eigenvalue weighted by molar-refractivity contribution is 5.82. The van der Waals surface area contributed by atoms with Gasteiger partial charge in [-0.1, -0.05) is 6.92 Å². The van der Waals surface area contributed by atoms with Crippen molar-refractivity contribution in [3.8, 4) is 0 Å². The van der Waals surface area contributed by atoms with E-state index in [1.165, 1.54) is 0 Å². The lowest BCUT2D eigenvalue weighted by atomic mass is 9.81. The molecule has 3 saturated heterocycles. The molecule has 3 aliphatic heterocycles. The molecule has 2 aliphatic carbocycles. The second-order valence-corrected chi connectivity index (χ2v) is 12.6. The van der Waals surface area contributed by atoms with Gasteiger partial charge in [0.15, 0.2) is 0 Å². The largest absolute Gasteiger partial charge is 0.380 e. The molecule has 6 N–H and O–H groups in total. The zero-order valence-electron chi connectivity index (χ0n) is 23.8. The van der Waals surface area contributed by atoms with Crippen molar-refractivity contribution in [1.82, 2.24) is 31.9 Å². The summed E-state index contributed by atoms with van der Waals surface area (Å²) in [5.74, 6) is 1.78. The molecule has 12 atom stereocenters. The lowest BCUT2D eigenvalue weighted by Crippen LogP contribution is -2.66. The minimum Gasteiger partial charge on any atom is -0.380 e. The highest BCUT2D eigenvalue weighted by Gasteiger charge is 2.45. The average molecular weight is 537 g/mol. The molecule has 0 bridgehead atoms. The maximum atomic E-state index is 13.3. The maximum absolute atomic E-state index is 13.3. The summed E-state index contributed by atoms with van der Waals surface area (Å²) >= 11 is 0. The van der Waals surface area contributed by atoms with E-state index >= 15 is 0 Å². The highest BCUT2D eigenvalue weighted by Crippen LogP contribution is 2.36. The first-order valence-corrected chi connectivity index (χ1v) is 15.1. The lowest BCUT2D eigenvalue weighted by Gasteiger charge is -2.43. The van der Waals surface area contributed by atoms with Crippen molar-refractivity contribution in [2.24, 2.45) is 17.8 Å². The second kappa shape index (κ2) is 13.2. The summed E-state index contributed by atoms with van der Waals surface area (Å²) in [4.78, 5) is 13.3. The minimum absolute atomic E-state index is 0.0969. The first-order valence-electron chi connectivity index (χ1n) is 15.1. The summed E-state index contributed by atoms with van der Waals surface area (Å²) < 4.78 is 17.0. The van der Waals surface area contributed by atoms with Crippen LogP contribution in [-0.2, 0) is 19.0 Å². The third-order valence-corrected chi connectivity index (χ3v) is 10.2. The van der Waals surface area contributed by atoms with Crippen LogP contribution in [0.1, 0.15) is 58.3 Å². The van der Waals surface area contributed by atoms with Gasteiger partial charge >= 0.3 is 0 Å². The number of fused-ring (bicyclic) bond motifs is 1. The third-order valence-electron chi connectivity index (χ3n) is 10.2. The molecule has 5 fully saturated rings. The van der Waals surface area contributed by atoms with Gasteiger partial charge in [-0.2, -0.15) is 0 Å². The van der Waals surface area contributed by atoms with Crippen LogP contribution in [0.4, 0.5) is 0 Å². The summed E-state index contributed by atoms with van der Waals surface area (Å²) in [7, 11) is 5.34. The lowest BCUT2D eigenvalue weighted by molar-refractivity contribution is -0.124. The predicted octanol–water partition coefficient (Wildman–Crippen LogP) is 0.280. The normalized spacial score (nSPS) is 45.9. The Balaban J connectivity index is 1.10. The van der Waals surface area contributed by atoms with Crippen LogP contribution in [-0.4, -0.2) is 102 Å². The summed E-state index contributed by atoms with van der Waals surface area (Å²) in [6.07, 6.45) is 8.73. The van der Waals surface area contributed by atoms with E-state index in [2.05, 4.69) is 38.8 Å². The molecule has 10 nitrogen and oxygen atoms in total. The molecule has 0 aromatic heterocycles. The number of hydrogen-bond donors (Lipinski definition) is 6. The molecule has 0 aromatic rings. The molecule has 2 saturated carbocycles. The second-order valence-electron chi connectivity index (χ2n) is 12.6. The maximum Gasteiger partial charge on any atom is 0.237 e. The van der Waals surface area contributed by atoms with Crippen LogP contribution in [0, 0.1) is 17.8 Å². The molecule has 218 valence electrons. The average Bonchev–Trinajstić information content (AvgIpc) is 3.37. The number of amides is 1.